The van der Waals surface area contributed by atoms with Crippen molar-refractivity contribution in [1.82, 2.24) is 14.8 Å². The van der Waals surface area contributed by atoms with E-state index in [9.17, 15) is 18.4 Å². The first kappa shape index (κ1) is 29.7. The Bertz CT molecular complexity index is 1330. The topological polar surface area (TPSA) is 110 Å². The van der Waals surface area contributed by atoms with E-state index in [0.717, 1.165) is 56.2 Å². The number of nitrogens with two attached hydrogens (primary N) is 1. The molecule has 4 rings (SSSR count). The molecule has 0 saturated carbocycles. The maximum absolute atomic E-state index is 14.4. The predicted octanol–water partition coefficient (Wildman–Crippen LogP) is 5.56. The second-order valence-corrected chi connectivity index (χ2v) is 9.94. The molecule has 218 valence electrons. The Morgan fingerprint density at radius 2 is 1.78 bits per heavy atom. The van der Waals surface area contributed by atoms with Gasteiger partial charge in [0.2, 0.25) is 5.88 Å². The number of carbonyl (C=O) groups excluding carboxylic acids is 2. The van der Waals surface area contributed by atoms with Crippen LogP contribution in [0.15, 0.2) is 54.7 Å². The molecule has 11 heteroatoms. The molecule has 3 amide bonds. The lowest BCUT2D eigenvalue weighted by Gasteiger charge is -2.38. The van der Waals surface area contributed by atoms with Gasteiger partial charge < -0.3 is 25.4 Å². The van der Waals surface area contributed by atoms with Crippen LogP contribution in [0.2, 0.25) is 0 Å². The Labute approximate surface area is 238 Å². The summed E-state index contributed by atoms with van der Waals surface area (Å²) in [6.45, 7) is 4.76. The number of hydrogen-bond acceptors (Lipinski definition) is 6. The Morgan fingerprint density at radius 3 is 2.39 bits per heavy atom. The van der Waals surface area contributed by atoms with Gasteiger partial charge in [0.25, 0.3) is 5.91 Å². The molecule has 9 nitrogen and oxygen atoms in total. The maximum Gasteiger partial charge on any atom is 0.322 e. The molecule has 1 aliphatic heterocycles. The Hall–Kier alpha value is -4.25. The van der Waals surface area contributed by atoms with Crippen molar-refractivity contribution in [3.63, 3.8) is 0 Å². The van der Waals surface area contributed by atoms with Gasteiger partial charge in [-0.25, -0.2) is 18.6 Å². The Kier molecular flexibility index (Phi) is 10.1. The van der Waals surface area contributed by atoms with Gasteiger partial charge in [-0.05, 0) is 55.2 Å². The number of piperidine rings is 1. The van der Waals surface area contributed by atoms with Gasteiger partial charge in [-0.1, -0.05) is 19.4 Å². The monoisotopic (exact) mass is 567 g/mol. The standard InChI is InChI=1S/C30H35F2N5O4/c1-3-4-13-37(30(39)35-27-16-24(29(33)38)25(31)17-26(27)32)21-11-14-36(15-12-21)19-20-5-10-28(34-18-20)41-23-8-6-22(40-2)7-9-23/h5-10,16-18,21H,3-4,11-15,19H2,1-2H3,(H2,33,38)(H,35,39). The van der Waals surface area contributed by atoms with E-state index in [1.807, 2.05) is 43.3 Å². The van der Waals surface area contributed by atoms with Crippen molar-refractivity contribution in [1.29, 1.82) is 0 Å². The minimum Gasteiger partial charge on any atom is -0.497 e. The predicted molar refractivity (Wildman–Crippen MR) is 151 cm³/mol. The smallest absolute Gasteiger partial charge is 0.322 e. The second kappa shape index (κ2) is 13.9. The number of methoxy groups -OCH3 is 1. The van der Waals surface area contributed by atoms with Crippen molar-refractivity contribution >= 4 is 17.6 Å². The third-order valence-corrected chi connectivity index (χ3v) is 7.06. The second-order valence-electron chi connectivity index (χ2n) is 9.94. The number of rotatable bonds is 11. The van der Waals surface area contributed by atoms with Crippen molar-refractivity contribution in [3.8, 4) is 17.4 Å². The molecule has 0 atom stereocenters. The molecule has 3 N–H and O–H groups in total. The van der Waals surface area contributed by atoms with Crippen LogP contribution < -0.4 is 20.5 Å². The van der Waals surface area contributed by atoms with E-state index in [1.54, 1.807) is 18.2 Å². The summed E-state index contributed by atoms with van der Waals surface area (Å²) >= 11 is 0. The minimum atomic E-state index is -1.07. The summed E-state index contributed by atoms with van der Waals surface area (Å²) in [6, 6.07) is 12.0. The number of ether oxygens (including phenoxy) is 2. The molecule has 0 bridgehead atoms. The normalized spacial score (nSPS) is 14.0. The van der Waals surface area contributed by atoms with Crippen LogP contribution in [0.5, 0.6) is 17.4 Å². The van der Waals surface area contributed by atoms with E-state index in [4.69, 9.17) is 15.2 Å². The zero-order chi connectivity index (χ0) is 29.4. The number of anilines is 1. The fourth-order valence-electron chi connectivity index (χ4n) is 4.78. The van der Waals surface area contributed by atoms with E-state index < -0.39 is 29.1 Å². The molecule has 0 spiro atoms. The molecule has 2 heterocycles. The summed E-state index contributed by atoms with van der Waals surface area (Å²) in [4.78, 5) is 33.1. The molecule has 1 saturated heterocycles. The zero-order valence-corrected chi connectivity index (χ0v) is 23.2. The average molecular weight is 568 g/mol. The highest BCUT2D eigenvalue weighted by atomic mass is 19.1. The van der Waals surface area contributed by atoms with Crippen molar-refractivity contribution in [2.45, 2.75) is 45.2 Å². The maximum atomic E-state index is 14.4. The average Bonchev–Trinajstić information content (AvgIpc) is 2.96. The molecule has 0 radical (unpaired) electrons. The number of benzene rings is 2. The highest BCUT2D eigenvalue weighted by Gasteiger charge is 2.28. The van der Waals surface area contributed by atoms with Crippen LogP contribution in [0, 0.1) is 11.6 Å². The number of pyridine rings is 1. The van der Waals surface area contributed by atoms with Gasteiger partial charge in [-0.3, -0.25) is 9.69 Å². The number of halogens is 2. The van der Waals surface area contributed by atoms with Crippen molar-refractivity contribution < 1.29 is 27.8 Å². The quantitative estimate of drug-likeness (QED) is 0.314. The van der Waals surface area contributed by atoms with Crippen LogP contribution in [0.1, 0.15) is 48.5 Å². The number of urea groups is 1. The summed E-state index contributed by atoms with van der Waals surface area (Å²) in [5, 5.41) is 2.52. The zero-order valence-electron chi connectivity index (χ0n) is 23.2. The van der Waals surface area contributed by atoms with Gasteiger partial charge >= 0.3 is 6.03 Å². The molecule has 2 aromatic carbocycles. The summed E-state index contributed by atoms with van der Waals surface area (Å²) in [6.07, 6.45) is 4.93. The van der Waals surface area contributed by atoms with Gasteiger partial charge in [0.1, 0.15) is 23.1 Å². The summed E-state index contributed by atoms with van der Waals surface area (Å²) in [5.41, 5.74) is 5.46. The lowest BCUT2D eigenvalue weighted by atomic mass is 10.0. The number of likely N-dealkylation sites (tertiary alicyclic amines) is 1. The first-order chi connectivity index (χ1) is 19.8. The molecular weight excluding hydrogens is 532 g/mol. The summed E-state index contributed by atoms with van der Waals surface area (Å²) < 4.78 is 39.2. The number of carbonyl (C=O) groups is 2. The molecule has 1 fully saturated rings. The van der Waals surface area contributed by atoms with E-state index in [2.05, 4.69) is 15.2 Å². The Morgan fingerprint density at radius 1 is 1.07 bits per heavy atom. The number of aromatic nitrogens is 1. The van der Waals surface area contributed by atoms with E-state index in [-0.39, 0.29) is 11.7 Å². The molecule has 1 aliphatic rings. The van der Waals surface area contributed by atoms with Crippen LogP contribution >= 0.6 is 0 Å². The molecule has 0 aliphatic carbocycles. The third-order valence-electron chi connectivity index (χ3n) is 7.06. The first-order valence-electron chi connectivity index (χ1n) is 13.6. The fraction of sp³-hybridized carbons (Fsp3) is 0.367. The highest BCUT2D eigenvalue weighted by molar-refractivity contribution is 5.96. The minimum absolute atomic E-state index is 0.0460. The number of nitrogens with one attached hydrogen (secondary N) is 1. The number of primary amides is 1. The number of nitrogens with zero attached hydrogens (tertiary/aromatic N) is 3. The summed E-state index contributed by atoms with van der Waals surface area (Å²) in [5.74, 6) is -1.17. The van der Waals surface area contributed by atoms with Crippen LogP contribution in [0.4, 0.5) is 19.3 Å². The molecule has 0 unspecified atom stereocenters. The van der Waals surface area contributed by atoms with Gasteiger partial charge in [0.15, 0.2) is 0 Å². The van der Waals surface area contributed by atoms with E-state index in [1.165, 1.54) is 0 Å². The lowest BCUT2D eigenvalue weighted by molar-refractivity contribution is 0.0996. The van der Waals surface area contributed by atoms with Crippen molar-refractivity contribution in [2.24, 2.45) is 5.73 Å². The van der Waals surface area contributed by atoms with Crippen LogP contribution in [-0.4, -0.2) is 59.5 Å². The van der Waals surface area contributed by atoms with Crippen LogP contribution in [0.3, 0.4) is 0 Å². The molecule has 41 heavy (non-hydrogen) atoms. The first-order valence-corrected chi connectivity index (χ1v) is 13.6. The van der Waals surface area contributed by atoms with Gasteiger partial charge in [-0.2, -0.15) is 0 Å². The molecular formula is C30H35F2N5O4. The SMILES string of the molecule is CCCCN(C(=O)Nc1cc(C(N)=O)c(F)cc1F)C1CCN(Cc2ccc(Oc3ccc(OC)cc3)nc2)CC1. The Balaban J connectivity index is 1.33. The lowest BCUT2D eigenvalue weighted by Crippen LogP contribution is -2.49. The van der Waals surface area contributed by atoms with Gasteiger partial charge in [0, 0.05) is 50.6 Å². The summed E-state index contributed by atoms with van der Waals surface area (Å²) in [7, 11) is 1.61. The van der Waals surface area contributed by atoms with Crippen LogP contribution in [-0.2, 0) is 6.54 Å². The number of hydrogen-bond donors (Lipinski definition) is 2. The van der Waals surface area contributed by atoms with E-state index in [0.29, 0.717) is 30.8 Å². The van der Waals surface area contributed by atoms with Crippen molar-refractivity contribution in [2.75, 3.05) is 32.1 Å². The third kappa shape index (κ3) is 7.91. The number of unbranched alkanes of at least 4 members (excludes halogenated alkanes) is 1. The van der Waals surface area contributed by atoms with Gasteiger partial charge in [0.05, 0.1) is 18.4 Å². The van der Waals surface area contributed by atoms with Crippen LogP contribution in [0.25, 0.3) is 0 Å². The van der Waals surface area contributed by atoms with Crippen molar-refractivity contribution in [3.05, 3.63) is 77.5 Å². The molecule has 3 aromatic rings. The molecule has 1 aromatic heterocycles. The fourth-order valence-corrected chi connectivity index (χ4v) is 4.78. The number of amides is 3. The van der Waals surface area contributed by atoms with Gasteiger partial charge in [-0.15, -0.1) is 0 Å². The van der Waals surface area contributed by atoms with E-state index >= 15 is 0 Å². The highest BCUT2D eigenvalue weighted by Crippen LogP contribution is 2.25. The largest absolute Gasteiger partial charge is 0.497 e.